The Morgan fingerprint density at radius 1 is 0.833 bits per heavy atom. The van der Waals surface area contributed by atoms with Crippen LogP contribution in [0.4, 0.5) is 0 Å². The maximum Gasteiger partial charge on any atom is 0.251 e. The molecule has 0 bridgehead atoms. The smallest absolute Gasteiger partial charge is 0.251 e. The monoisotopic (exact) mass is 397 g/mol. The zero-order chi connectivity index (χ0) is 20.6. The molecule has 5 nitrogen and oxygen atoms in total. The summed E-state index contributed by atoms with van der Waals surface area (Å²) >= 11 is 0. The molecule has 0 spiro atoms. The lowest BCUT2D eigenvalue weighted by Crippen LogP contribution is -2.22. The molecule has 4 rings (SSSR count). The molecule has 5 heteroatoms. The van der Waals surface area contributed by atoms with Gasteiger partial charge in [0, 0.05) is 24.5 Å². The summed E-state index contributed by atoms with van der Waals surface area (Å²) in [5.41, 5.74) is 4.81. The Labute approximate surface area is 175 Å². The van der Waals surface area contributed by atoms with Crippen LogP contribution in [0.2, 0.25) is 0 Å². The molecular formula is C25H23N3O2. The van der Waals surface area contributed by atoms with E-state index in [1.54, 1.807) is 23.0 Å². The Kier molecular flexibility index (Phi) is 6.32. The number of amides is 1. The highest BCUT2D eigenvalue weighted by Gasteiger charge is 2.06. The van der Waals surface area contributed by atoms with Gasteiger partial charge in [-0.05, 0) is 47.0 Å². The molecule has 0 aliphatic rings. The summed E-state index contributed by atoms with van der Waals surface area (Å²) in [7, 11) is 0. The molecule has 0 aliphatic carbocycles. The predicted octanol–water partition coefficient (Wildman–Crippen LogP) is 4.52. The van der Waals surface area contributed by atoms with Crippen LogP contribution in [0, 0.1) is 0 Å². The standard InChI is InChI=1S/C25H23N3O2/c29-25(23-10-12-24(13-11-23)28-15-5-14-27-28)26-17-21-8-4-9-22(16-21)19-30-18-20-6-2-1-3-7-20/h1-16H,17-19H2,(H,26,29). The van der Waals surface area contributed by atoms with Crippen LogP contribution in [0.1, 0.15) is 27.0 Å². The molecular weight excluding hydrogens is 374 g/mol. The van der Waals surface area contributed by atoms with Gasteiger partial charge < -0.3 is 10.1 Å². The third kappa shape index (κ3) is 5.21. The van der Waals surface area contributed by atoms with Crippen LogP contribution in [0.15, 0.2) is 97.3 Å². The maximum atomic E-state index is 12.5. The molecule has 3 aromatic carbocycles. The highest BCUT2D eigenvalue weighted by molar-refractivity contribution is 5.94. The molecule has 150 valence electrons. The van der Waals surface area contributed by atoms with E-state index in [1.807, 2.05) is 72.9 Å². The molecule has 0 radical (unpaired) electrons. The van der Waals surface area contributed by atoms with Crippen molar-refractivity contribution in [2.75, 3.05) is 0 Å². The Bertz CT molecular complexity index is 1080. The normalized spacial score (nSPS) is 10.7. The molecule has 0 aliphatic heterocycles. The first-order chi connectivity index (χ1) is 14.8. The van der Waals surface area contributed by atoms with Crippen LogP contribution < -0.4 is 5.32 Å². The molecule has 0 unspecified atom stereocenters. The Hall–Kier alpha value is -3.70. The first-order valence-corrected chi connectivity index (χ1v) is 9.86. The van der Waals surface area contributed by atoms with Gasteiger partial charge in [-0.2, -0.15) is 5.10 Å². The van der Waals surface area contributed by atoms with Crippen molar-refractivity contribution in [1.82, 2.24) is 15.1 Å². The van der Waals surface area contributed by atoms with Gasteiger partial charge in [0.05, 0.1) is 18.9 Å². The molecule has 30 heavy (non-hydrogen) atoms. The van der Waals surface area contributed by atoms with Gasteiger partial charge in [-0.15, -0.1) is 0 Å². The third-order valence-electron chi connectivity index (χ3n) is 4.72. The van der Waals surface area contributed by atoms with Crippen LogP contribution in [-0.2, 0) is 24.5 Å². The summed E-state index contributed by atoms with van der Waals surface area (Å²) in [5, 5.41) is 7.17. The van der Waals surface area contributed by atoms with Gasteiger partial charge in [0.15, 0.2) is 0 Å². The maximum absolute atomic E-state index is 12.5. The molecule has 0 fully saturated rings. The summed E-state index contributed by atoms with van der Waals surface area (Å²) in [6.07, 6.45) is 3.59. The molecule has 1 N–H and O–H groups in total. The van der Waals surface area contributed by atoms with E-state index >= 15 is 0 Å². The largest absolute Gasteiger partial charge is 0.372 e. The number of ether oxygens (including phenoxy) is 1. The molecule has 0 atom stereocenters. The molecule has 1 heterocycles. The average molecular weight is 397 g/mol. The summed E-state index contributed by atoms with van der Waals surface area (Å²) in [4.78, 5) is 12.5. The van der Waals surface area contributed by atoms with Gasteiger partial charge in [-0.3, -0.25) is 4.79 Å². The van der Waals surface area contributed by atoms with E-state index in [9.17, 15) is 4.79 Å². The predicted molar refractivity (Wildman–Crippen MR) is 116 cm³/mol. The van der Waals surface area contributed by atoms with Crippen molar-refractivity contribution in [3.8, 4) is 5.69 Å². The fourth-order valence-electron chi connectivity index (χ4n) is 3.16. The SMILES string of the molecule is O=C(NCc1cccc(COCc2ccccc2)c1)c1ccc(-n2cccn2)cc1. The Balaban J connectivity index is 1.29. The minimum Gasteiger partial charge on any atom is -0.372 e. The Morgan fingerprint density at radius 3 is 2.33 bits per heavy atom. The fraction of sp³-hybridized carbons (Fsp3) is 0.120. The second-order valence-electron chi connectivity index (χ2n) is 6.98. The molecule has 1 aromatic heterocycles. The number of nitrogens with zero attached hydrogens (tertiary/aromatic N) is 2. The third-order valence-corrected chi connectivity index (χ3v) is 4.72. The average Bonchev–Trinajstić information content (AvgIpc) is 3.34. The quantitative estimate of drug-likeness (QED) is 0.476. The lowest BCUT2D eigenvalue weighted by molar-refractivity contribution is 0.0951. The van der Waals surface area contributed by atoms with Crippen LogP contribution >= 0.6 is 0 Å². The van der Waals surface area contributed by atoms with Gasteiger partial charge >= 0.3 is 0 Å². The zero-order valence-electron chi connectivity index (χ0n) is 16.6. The van der Waals surface area contributed by atoms with Crippen molar-refractivity contribution in [3.63, 3.8) is 0 Å². The second-order valence-corrected chi connectivity index (χ2v) is 6.98. The summed E-state index contributed by atoms with van der Waals surface area (Å²) in [5.74, 6) is -0.104. The van der Waals surface area contributed by atoms with E-state index in [4.69, 9.17) is 4.74 Å². The number of aromatic nitrogens is 2. The number of hydrogen-bond donors (Lipinski definition) is 1. The molecule has 0 saturated carbocycles. The minimum absolute atomic E-state index is 0.104. The van der Waals surface area contributed by atoms with Gasteiger partial charge in [0.2, 0.25) is 0 Å². The van der Waals surface area contributed by atoms with Crippen LogP contribution in [-0.4, -0.2) is 15.7 Å². The highest BCUT2D eigenvalue weighted by Crippen LogP contribution is 2.11. The minimum atomic E-state index is -0.104. The van der Waals surface area contributed by atoms with E-state index in [1.165, 1.54) is 0 Å². The van der Waals surface area contributed by atoms with Crippen molar-refractivity contribution in [2.45, 2.75) is 19.8 Å². The van der Waals surface area contributed by atoms with Crippen LogP contribution in [0.5, 0.6) is 0 Å². The van der Waals surface area contributed by atoms with Crippen molar-refractivity contribution < 1.29 is 9.53 Å². The van der Waals surface area contributed by atoms with E-state index < -0.39 is 0 Å². The van der Waals surface area contributed by atoms with Crippen molar-refractivity contribution in [2.24, 2.45) is 0 Å². The molecule has 1 amide bonds. The first kappa shape index (κ1) is 19.6. The number of nitrogens with one attached hydrogen (secondary N) is 1. The summed E-state index contributed by atoms with van der Waals surface area (Å²) in [6, 6.07) is 27.4. The topological polar surface area (TPSA) is 56.1 Å². The van der Waals surface area contributed by atoms with Gasteiger partial charge in [0.25, 0.3) is 5.91 Å². The lowest BCUT2D eigenvalue weighted by Gasteiger charge is -2.09. The highest BCUT2D eigenvalue weighted by atomic mass is 16.5. The molecule has 0 saturated heterocycles. The number of carbonyl (C=O) groups is 1. The van der Waals surface area contributed by atoms with Crippen molar-refractivity contribution in [3.05, 3.63) is 120 Å². The van der Waals surface area contributed by atoms with E-state index in [-0.39, 0.29) is 5.91 Å². The number of benzene rings is 3. The summed E-state index contributed by atoms with van der Waals surface area (Å²) < 4.78 is 7.56. The number of hydrogen-bond acceptors (Lipinski definition) is 3. The van der Waals surface area contributed by atoms with E-state index in [2.05, 4.69) is 16.5 Å². The number of rotatable bonds is 8. The lowest BCUT2D eigenvalue weighted by atomic mass is 10.1. The summed E-state index contributed by atoms with van der Waals surface area (Å²) in [6.45, 7) is 1.58. The van der Waals surface area contributed by atoms with Gasteiger partial charge in [-0.1, -0.05) is 54.6 Å². The van der Waals surface area contributed by atoms with E-state index in [0.29, 0.717) is 25.3 Å². The van der Waals surface area contributed by atoms with Gasteiger partial charge in [0.1, 0.15) is 0 Å². The fourth-order valence-corrected chi connectivity index (χ4v) is 3.16. The number of carbonyl (C=O) groups excluding carboxylic acids is 1. The van der Waals surface area contributed by atoms with Crippen molar-refractivity contribution >= 4 is 5.91 Å². The van der Waals surface area contributed by atoms with Crippen LogP contribution in [0.25, 0.3) is 5.69 Å². The van der Waals surface area contributed by atoms with E-state index in [0.717, 1.165) is 22.4 Å². The zero-order valence-corrected chi connectivity index (χ0v) is 16.6. The Morgan fingerprint density at radius 2 is 1.57 bits per heavy atom. The van der Waals surface area contributed by atoms with Crippen molar-refractivity contribution in [1.29, 1.82) is 0 Å². The second kappa shape index (κ2) is 9.67. The first-order valence-electron chi connectivity index (χ1n) is 9.86. The molecule has 4 aromatic rings. The van der Waals surface area contributed by atoms with Crippen LogP contribution in [0.3, 0.4) is 0 Å². The van der Waals surface area contributed by atoms with Gasteiger partial charge in [-0.25, -0.2) is 4.68 Å².